The number of aromatic nitrogens is 4. The van der Waals surface area contributed by atoms with E-state index in [1.54, 1.807) is 32.0 Å². The summed E-state index contributed by atoms with van der Waals surface area (Å²) in [6.45, 7) is 1.44. The summed E-state index contributed by atoms with van der Waals surface area (Å²) >= 11 is 0. The molecule has 28 heavy (non-hydrogen) atoms. The van der Waals surface area contributed by atoms with E-state index in [0.29, 0.717) is 23.7 Å². The highest BCUT2D eigenvalue weighted by atomic mass is 16.5. The molecule has 0 unspecified atom stereocenters. The van der Waals surface area contributed by atoms with Crippen LogP contribution in [0.2, 0.25) is 0 Å². The number of rotatable bonds is 4. The van der Waals surface area contributed by atoms with Crippen LogP contribution in [0, 0.1) is 0 Å². The molecule has 2 aromatic heterocycles. The van der Waals surface area contributed by atoms with Crippen LogP contribution in [-0.2, 0) is 0 Å². The third-order valence-electron chi connectivity index (χ3n) is 5.00. The predicted molar refractivity (Wildman–Crippen MR) is 104 cm³/mol. The standard InChI is InChI=1S/C21H21N5O2/c1-28-20-19(23-10-11-24-20)15-4-6-16(7-5-15)21(27)26-12-2-3-17(13-26)18-8-9-22-14-25-18/h4-11,14,17H,2-3,12-13H2,1H3/t17-/m1/s1. The highest BCUT2D eigenvalue weighted by molar-refractivity contribution is 5.94. The summed E-state index contributed by atoms with van der Waals surface area (Å²) in [7, 11) is 1.57. The number of piperidine rings is 1. The highest BCUT2D eigenvalue weighted by Gasteiger charge is 2.26. The zero-order valence-corrected chi connectivity index (χ0v) is 15.7. The van der Waals surface area contributed by atoms with Gasteiger partial charge in [-0.15, -0.1) is 0 Å². The molecule has 1 aliphatic rings. The molecule has 142 valence electrons. The average molecular weight is 375 g/mol. The minimum absolute atomic E-state index is 0.0383. The molecule has 0 N–H and O–H groups in total. The van der Waals surface area contributed by atoms with Crippen LogP contribution < -0.4 is 4.74 Å². The molecule has 7 heteroatoms. The first-order chi connectivity index (χ1) is 13.8. The number of nitrogens with zero attached hydrogens (tertiary/aromatic N) is 5. The summed E-state index contributed by atoms with van der Waals surface area (Å²) in [5, 5.41) is 0. The Labute approximate surface area is 163 Å². The van der Waals surface area contributed by atoms with Crippen LogP contribution in [0.25, 0.3) is 11.3 Å². The molecule has 0 bridgehead atoms. The van der Waals surface area contributed by atoms with Gasteiger partial charge in [-0.25, -0.2) is 19.9 Å². The summed E-state index contributed by atoms with van der Waals surface area (Å²) in [6, 6.07) is 9.36. The molecule has 0 radical (unpaired) electrons. The van der Waals surface area contributed by atoms with E-state index in [1.807, 2.05) is 35.2 Å². The van der Waals surface area contributed by atoms with Crippen molar-refractivity contribution >= 4 is 5.91 Å². The molecule has 1 aliphatic heterocycles. The van der Waals surface area contributed by atoms with Gasteiger partial charge in [0.25, 0.3) is 5.91 Å². The topological polar surface area (TPSA) is 81.1 Å². The average Bonchev–Trinajstić information content (AvgIpc) is 2.79. The minimum Gasteiger partial charge on any atom is -0.479 e. The van der Waals surface area contributed by atoms with Gasteiger partial charge in [0.1, 0.15) is 12.0 Å². The van der Waals surface area contributed by atoms with Gasteiger partial charge in [-0.05, 0) is 31.0 Å². The van der Waals surface area contributed by atoms with Crippen molar-refractivity contribution in [2.75, 3.05) is 20.2 Å². The first kappa shape index (κ1) is 18.0. The second-order valence-corrected chi connectivity index (χ2v) is 6.72. The van der Waals surface area contributed by atoms with Crippen LogP contribution in [-0.4, -0.2) is 50.9 Å². The number of ether oxygens (including phenoxy) is 1. The lowest BCUT2D eigenvalue weighted by Crippen LogP contribution is -2.39. The van der Waals surface area contributed by atoms with Crippen LogP contribution in [0.3, 0.4) is 0 Å². The molecule has 7 nitrogen and oxygen atoms in total. The van der Waals surface area contributed by atoms with E-state index >= 15 is 0 Å². The fourth-order valence-electron chi connectivity index (χ4n) is 3.57. The first-order valence-electron chi connectivity index (χ1n) is 9.27. The van der Waals surface area contributed by atoms with Gasteiger partial charge in [-0.1, -0.05) is 12.1 Å². The van der Waals surface area contributed by atoms with E-state index in [1.165, 1.54) is 0 Å². The summed E-state index contributed by atoms with van der Waals surface area (Å²) < 4.78 is 5.27. The lowest BCUT2D eigenvalue weighted by Gasteiger charge is -2.32. The third kappa shape index (κ3) is 3.69. The summed E-state index contributed by atoms with van der Waals surface area (Å²) in [4.78, 5) is 31.7. The largest absolute Gasteiger partial charge is 0.479 e. The number of carbonyl (C=O) groups excluding carboxylic acids is 1. The number of methoxy groups -OCH3 is 1. The van der Waals surface area contributed by atoms with E-state index < -0.39 is 0 Å². The molecule has 1 aromatic carbocycles. The monoisotopic (exact) mass is 375 g/mol. The fraction of sp³-hybridized carbons (Fsp3) is 0.286. The van der Waals surface area contributed by atoms with Crippen molar-refractivity contribution in [2.45, 2.75) is 18.8 Å². The maximum absolute atomic E-state index is 13.0. The Bertz CT molecular complexity index is 947. The minimum atomic E-state index is 0.0383. The van der Waals surface area contributed by atoms with Gasteiger partial charge in [-0.3, -0.25) is 4.79 Å². The zero-order valence-electron chi connectivity index (χ0n) is 15.7. The van der Waals surface area contributed by atoms with Gasteiger partial charge in [0.2, 0.25) is 5.88 Å². The molecule has 0 aliphatic carbocycles. The first-order valence-corrected chi connectivity index (χ1v) is 9.27. The molecule has 0 spiro atoms. The Balaban J connectivity index is 1.50. The quantitative estimate of drug-likeness (QED) is 0.697. The van der Waals surface area contributed by atoms with Crippen molar-refractivity contribution in [2.24, 2.45) is 0 Å². The van der Waals surface area contributed by atoms with Gasteiger partial charge < -0.3 is 9.64 Å². The molecule has 1 amide bonds. The van der Waals surface area contributed by atoms with Gasteiger partial charge in [0.05, 0.1) is 7.11 Å². The smallest absolute Gasteiger partial charge is 0.253 e. The Hall–Kier alpha value is -3.35. The molecular weight excluding hydrogens is 354 g/mol. The van der Waals surface area contributed by atoms with Crippen LogP contribution in [0.15, 0.2) is 55.2 Å². The lowest BCUT2D eigenvalue weighted by atomic mass is 9.94. The normalized spacial score (nSPS) is 16.6. The maximum atomic E-state index is 13.0. The predicted octanol–water partition coefficient (Wildman–Crippen LogP) is 2.96. The highest BCUT2D eigenvalue weighted by Crippen LogP contribution is 2.28. The van der Waals surface area contributed by atoms with Gasteiger partial charge in [0, 0.05) is 54.4 Å². The molecule has 0 saturated carbocycles. The second-order valence-electron chi connectivity index (χ2n) is 6.72. The van der Waals surface area contributed by atoms with Gasteiger partial charge >= 0.3 is 0 Å². The van der Waals surface area contributed by atoms with E-state index in [0.717, 1.165) is 30.6 Å². The van der Waals surface area contributed by atoms with E-state index in [2.05, 4.69) is 19.9 Å². The van der Waals surface area contributed by atoms with Crippen LogP contribution in [0.1, 0.15) is 34.8 Å². The van der Waals surface area contributed by atoms with E-state index in [4.69, 9.17) is 4.74 Å². The Morgan fingerprint density at radius 1 is 1.07 bits per heavy atom. The molecule has 3 aromatic rings. The van der Waals surface area contributed by atoms with E-state index in [-0.39, 0.29) is 11.8 Å². The van der Waals surface area contributed by atoms with Crippen molar-refractivity contribution in [1.29, 1.82) is 0 Å². The summed E-state index contributed by atoms with van der Waals surface area (Å²) in [5.74, 6) is 0.755. The Kier molecular flexibility index (Phi) is 5.23. The van der Waals surface area contributed by atoms with Crippen molar-refractivity contribution in [3.63, 3.8) is 0 Å². The molecule has 1 fully saturated rings. The fourth-order valence-corrected chi connectivity index (χ4v) is 3.57. The third-order valence-corrected chi connectivity index (χ3v) is 5.00. The number of carbonyl (C=O) groups is 1. The summed E-state index contributed by atoms with van der Waals surface area (Å²) in [6.07, 6.45) is 8.53. The zero-order chi connectivity index (χ0) is 19.3. The number of amides is 1. The van der Waals surface area contributed by atoms with Gasteiger partial charge in [-0.2, -0.15) is 0 Å². The maximum Gasteiger partial charge on any atom is 0.253 e. The van der Waals surface area contributed by atoms with E-state index in [9.17, 15) is 4.79 Å². The van der Waals surface area contributed by atoms with Crippen molar-refractivity contribution in [3.8, 4) is 17.1 Å². The van der Waals surface area contributed by atoms with Crippen molar-refractivity contribution in [1.82, 2.24) is 24.8 Å². The molecule has 1 saturated heterocycles. The van der Waals surface area contributed by atoms with Crippen LogP contribution in [0.4, 0.5) is 0 Å². The van der Waals surface area contributed by atoms with Gasteiger partial charge in [0.15, 0.2) is 0 Å². The van der Waals surface area contributed by atoms with Crippen molar-refractivity contribution < 1.29 is 9.53 Å². The number of hydrogen-bond acceptors (Lipinski definition) is 6. The van der Waals surface area contributed by atoms with Crippen LogP contribution >= 0.6 is 0 Å². The van der Waals surface area contributed by atoms with Crippen molar-refractivity contribution in [3.05, 3.63) is 66.5 Å². The lowest BCUT2D eigenvalue weighted by molar-refractivity contribution is 0.0706. The molecule has 4 rings (SSSR count). The molecule has 3 heterocycles. The Morgan fingerprint density at radius 3 is 2.64 bits per heavy atom. The molecular formula is C21H21N5O2. The Morgan fingerprint density at radius 2 is 1.89 bits per heavy atom. The summed E-state index contributed by atoms with van der Waals surface area (Å²) in [5.41, 5.74) is 3.18. The number of hydrogen-bond donors (Lipinski definition) is 0. The second kappa shape index (κ2) is 8.12. The number of likely N-dealkylation sites (tertiary alicyclic amines) is 1. The molecule has 1 atom stereocenters. The number of benzene rings is 1. The SMILES string of the molecule is COc1nccnc1-c1ccc(C(=O)N2CCC[C@@H](c3ccncn3)C2)cc1. The van der Waals surface area contributed by atoms with Crippen LogP contribution in [0.5, 0.6) is 5.88 Å².